The molecule has 49 heavy (non-hydrogen) atoms. The summed E-state index contributed by atoms with van der Waals surface area (Å²) in [4.78, 5) is 4.12. The molecule has 0 N–H and O–H groups in total. The van der Waals surface area contributed by atoms with Gasteiger partial charge in [-0.05, 0) is 79.7 Å². The Morgan fingerprint density at radius 3 is 1.53 bits per heavy atom. The van der Waals surface area contributed by atoms with Crippen molar-refractivity contribution >= 4 is 49.0 Å². The molecule has 0 bridgehead atoms. The summed E-state index contributed by atoms with van der Waals surface area (Å²) >= 11 is 0. The fourth-order valence-corrected chi connectivity index (χ4v) is 7.65. The van der Waals surface area contributed by atoms with Gasteiger partial charge in [-0.2, -0.15) is 5.26 Å². The summed E-state index contributed by atoms with van der Waals surface area (Å²) in [5, 5.41) is 17.0. The lowest BCUT2D eigenvalue weighted by molar-refractivity contribution is 1.18. The van der Waals surface area contributed by atoms with Gasteiger partial charge in [0.25, 0.3) is 0 Å². The van der Waals surface area contributed by atoms with Crippen LogP contribution in [0.2, 0.25) is 0 Å². The predicted octanol–water partition coefficient (Wildman–Crippen LogP) is 12.5. The Balaban J connectivity index is 1.45. The average molecular weight is 622 g/mol. The van der Waals surface area contributed by atoms with Gasteiger partial charge >= 0.3 is 0 Å². The lowest BCUT2D eigenvalue weighted by Crippen LogP contribution is -1.99. The van der Waals surface area contributed by atoms with Gasteiger partial charge in [-0.15, -0.1) is 0 Å². The lowest BCUT2D eigenvalue weighted by Gasteiger charge is -2.22. The fraction of sp³-hybridized carbons (Fsp3) is 0. The molecule has 1 heterocycles. The number of para-hydroxylation sites is 3. The summed E-state index contributed by atoms with van der Waals surface area (Å²) in [6.07, 6.45) is 0. The molecule has 0 unspecified atom stereocenters. The third-order valence-corrected chi connectivity index (χ3v) is 9.63. The first kappa shape index (κ1) is 28.3. The molecule has 0 atom stereocenters. The van der Waals surface area contributed by atoms with E-state index in [1.165, 1.54) is 16.3 Å². The van der Waals surface area contributed by atoms with Crippen LogP contribution >= 0.6 is 0 Å². The predicted molar refractivity (Wildman–Crippen MR) is 203 cm³/mol. The monoisotopic (exact) mass is 621 g/mol. The van der Waals surface area contributed by atoms with Crippen LogP contribution in [0.15, 0.2) is 164 Å². The van der Waals surface area contributed by atoms with Crippen molar-refractivity contribution < 1.29 is 0 Å². The highest BCUT2D eigenvalue weighted by molar-refractivity contribution is 6.24. The Morgan fingerprint density at radius 2 is 0.959 bits per heavy atom. The van der Waals surface area contributed by atoms with Gasteiger partial charge in [-0.25, -0.2) is 4.85 Å². The van der Waals surface area contributed by atoms with Crippen molar-refractivity contribution in [2.75, 3.05) is 0 Å². The average Bonchev–Trinajstić information content (AvgIpc) is 3.51. The highest BCUT2D eigenvalue weighted by atomic mass is 15.0. The first-order chi connectivity index (χ1) is 24.3. The molecule has 0 spiro atoms. The van der Waals surface area contributed by atoms with E-state index in [-0.39, 0.29) is 0 Å². The second-order valence-electron chi connectivity index (χ2n) is 12.2. The summed E-state index contributed by atoms with van der Waals surface area (Å²) in [6, 6.07) is 58.9. The summed E-state index contributed by atoms with van der Waals surface area (Å²) in [6.45, 7) is 8.48. The largest absolute Gasteiger partial charge is 0.309 e. The molecule has 3 nitrogen and oxygen atoms in total. The van der Waals surface area contributed by atoms with Crippen LogP contribution in [0.4, 0.5) is 5.69 Å². The summed E-state index contributed by atoms with van der Waals surface area (Å²) in [5.41, 5.74) is 10.0. The first-order valence-corrected chi connectivity index (χ1v) is 16.3. The fourth-order valence-electron chi connectivity index (χ4n) is 7.65. The van der Waals surface area contributed by atoms with Crippen molar-refractivity contribution in [2.45, 2.75) is 0 Å². The number of fused-ring (bicyclic) bond motifs is 5. The minimum absolute atomic E-state index is 0.453. The van der Waals surface area contributed by atoms with E-state index in [4.69, 9.17) is 6.57 Å². The molecular weight excluding hydrogens is 595 g/mol. The number of hydrogen-bond acceptors (Lipinski definition) is 1. The van der Waals surface area contributed by atoms with E-state index >= 15 is 0 Å². The van der Waals surface area contributed by atoms with E-state index in [2.05, 4.69) is 155 Å². The summed E-state index contributed by atoms with van der Waals surface area (Å²) in [7, 11) is 0. The second kappa shape index (κ2) is 11.4. The number of hydrogen-bond donors (Lipinski definition) is 0. The highest BCUT2D eigenvalue weighted by Gasteiger charge is 2.24. The second-order valence-corrected chi connectivity index (χ2v) is 12.2. The van der Waals surface area contributed by atoms with E-state index < -0.39 is 0 Å². The maximum absolute atomic E-state index is 10.3. The minimum Gasteiger partial charge on any atom is -0.309 e. The van der Waals surface area contributed by atoms with E-state index in [0.29, 0.717) is 11.3 Å². The Hall–Kier alpha value is -6.94. The van der Waals surface area contributed by atoms with Crippen molar-refractivity contribution in [3.8, 4) is 45.1 Å². The summed E-state index contributed by atoms with van der Waals surface area (Å²) < 4.78 is 2.31. The van der Waals surface area contributed by atoms with Crippen LogP contribution in [0.1, 0.15) is 5.56 Å². The molecule has 0 amide bonds. The molecule has 0 aliphatic carbocycles. The SMILES string of the molecule is [C-]#[N+]c1cc(C#N)cc(-c2ccccc2-n2c3ccccc3c3ccccc32)c1-c1c2ccccc2c(-c2ccccc2)c2ccccc12. The van der Waals surface area contributed by atoms with Gasteiger partial charge in [0, 0.05) is 21.9 Å². The Kier molecular flexibility index (Phi) is 6.58. The van der Waals surface area contributed by atoms with E-state index in [1.54, 1.807) is 6.07 Å². The zero-order valence-corrected chi connectivity index (χ0v) is 26.4. The minimum atomic E-state index is 0.453. The zero-order valence-electron chi connectivity index (χ0n) is 26.4. The molecule has 0 saturated heterocycles. The van der Waals surface area contributed by atoms with Crippen molar-refractivity contribution in [3.05, 3.63) is 181 Å². The van der Waals surface area contributed by atoms with Crippen molar-refractivity contribution in [3.63, 3.8) is 0 Å². The van der Waals surface area contributed by atoms with Crippen molar-refractivity contribution in [1.82, 2.24) is 4.57 Å². The van der Waals surface area contributed by atoms with E-state index in [9.17, 15) is 5.26 Å². The van der Waals surface area contributed by atoms with Crippen LogP contribution in [-0.2, 0) is 0 Å². The zero-order chi connectivity index (χ0) is 32.9. The maximum atomic E-state index is 10.3. The normalized spacial score (nSPS) is 11.2. The first-order valence-electron chi connectivity index (χ1n) is 16.3. The molecule has 9 aromatic rings. The smallest absolute Gasteiger partial charge is 0.196 e. The molecule has 1 aromatic heterocycles. The Bertz CT molecular complexity index is 2740. The number of nitrogens with zero attached hydrogens (tertiary/aromatic N) is 3. The molecule has 8 aromatic carbocycles. The van der Waals surface area contributed by atoms with Gasteiger partial charge < -0.3 is 4.57 Å². The number of aromatic nitrogens is 1. The Morgan fingerprint density at radius 1 is 0.469 bits per heavy atom. The quantitative estimate of drug-likeness (QED) is 0.142. The van der Waals surface area contributed by atoms with E-state index in [1.807, 2.05) is 18.2 Å². The van der Waals surface area contributed by atoms with Gasteiger partial charge in [0.15, 0.2) is 5.69 Å². The number of benzene rings is 8. The van der Waals surface area contributed by atoms with Gasteiger partial charge in [0.05, 0.1) is 29.4 Å². The van der Waals surface area contributed by atoms with Crippen molar-refractivity contribution in [2.24, 2.45) is 0 Å². The molecule has 0 aliphatic rings. The van der Waals surface area contributed by atoms with Crippen molar-refractivity contribution in [1.29, 1.82) is 5.26 Å². The van der Waals surface area contributed by atoms with Gasteiger partial charge in [0.1, 0.15) is 0 Å². The van der Waals surface area contributed by atoms with Gasteiger partial charge in [-0.3, -0.25) is 0 Å². The van der Waals surface area contributed by atoms with Crippen LogP contribution in [0, 0.1) is 17.9 Å². The Labute approximate surface area is 284 Å². The number of nitriles is 1. The maximum Gasteiger partial charge on any atom is 0.196 e. The standard InChI is InChI=1S/C46H27N3/c1-48-40-28-30(29-47)27-39(34-19-11-14-26-43(34)49-41-24-12-9-17-32(41)33-18-10-13-25-42(33)49)46(40)45-37-22-7-5-20-35(37)44(31-15-3-2-4-16-31)36-21-6-8-23-38(36)45/h2-28H. The van der Waals surface area contributed by atoms with Crippen LogP contribution < -0.4 is 0 Å². The van der Waals surface area contributed by atoms with E-state index in [0.717, 1.165) is 66.1 Å². The third kappa shape index (κ3) is 4.35. The molecule has 0 aliphatic heterocycles. The number of rotatable bonds is 4. The third-order valence-electron chi connectivity index (χ3n) is 9.63. The van der Waals surface area contributed by atoms with Crippen LogP contribution in [0.5, 0.6) is 0 Å². The van der Waals surface area contributed by atoms with Gasteiger partial charge in [-0.1, -0.05) is 133 Å². The molecule has 226 valence electrons. The molecule has 3 heteroatoms. The van der Waals surface area contributed by atoms with Gasteiger partial charge in [0.2, 0.25) is 0 Å². The molecule has 0 saturated carbocycles. The summed E-state index contributed by atoms with van der Waals surface area (Å²) in [5.74, 6) is 0. The topological polar surface area (TPSA) is 33.1 Å². The lowest BCUT2D eigenvalue weighted by atomic mass is 9.82. The van der Waals surface area contributed by atoms with Crippen LogP contribution in [0.25, 0.3) is 87.3 Å². The van der Waals surface area contributed by atoms with Crippen LogP contribution in [-0.4, -0.2) is 4.57 Å². The molecule has 0 fully saturated rings. The van der Waals surface area contributed by atoms with Crippen LogP contribution in [0.3, 0.4) is 0 Å². The molecule has 0 radical (unpaired) electrons. The highest BCUT2D eigenvalue weighted by Crippen LogP contribution is 2.50. The molecular formula is C46H27N3. The molecule has 9 rings (SSSR count).